The first kappa shape index (κ1) is 21.5. The molecule has 0 N–H and O–H groups in total. The van der Waals surface area contributed by atoms with Crippen molar-refractivity contribution in [1.29, 1.82) is 0 Å². The molecule has 0 fully saturated rings. The molecule has 0 unspecified atom stereocenters. The number of Topliss-reactive ketones (excluding diaryl/α,β-unsaturated/α-hetero) is 1. The molecule has 0 saturated heterocycles. The van der Waals surface area contributed by atoms with Gasteiger partial charge >= 0.3 is 0 Å². The fourth-order valence-electron chi connectivity index (χ4n) is 3.96. The van der Waals surface area contributed by atoms with Crippen molar-refractivity contribution in [3.05, 3.63) is 88.4 Å². The Morgan fingerprint density at radius 3 is 2.27 bits per heavy atom. The first-order valence-corrected chi connectivity index (χ1v) is 10.1. The van der Waals surface area contributed by atoms with Crippen molar-refractivity contribution in [2.75, 3.05) is 13.1 Å². The molecule has 5 nitrogen and oxygen atoms in total. The topological polar surface area (TPSA) is 59.4 Å². The van der Waals surface area contributed by atoms with Crippen LogP contribution in [0.3, 0.4) is 0 Å². The molecular formula is C25H28N2O3. The van der Waals surface area contributed by atoms with Gasteiger partial charge in [0.1, 0.15) is 5.56 Å². The number of amides is 1. The van der Waals surface area contributed by atoms with Crippen LogP contribution in [0.25, 0.3) is 5.69 Å². The maximum Gasteiger partial charge on any atom is 0.268 e. The summed E-state index contributed by atoms with van der Waals surface area (Å²) in [5.41, 5.74) is 2.16. The highest BCUT2D eigenvalue weighted by molar-refractivity contribution is 6.02. The van der Waals surface area contributed by atoms with Crippen molar-refractivity contribution in [1.82, 2.24) is 9.47 Å². The molecule has 2 aromatic rings. The smallest absolute Gasteiger partial charge is 0.268 e. The quantitative estimate of drug-likeness (QED) is 0.681. The average molecular weight is 405 g/mol. The van der Waals surface area contributed by atoms with E-state index in [9.17, 15) is 14.4 Å². The number of aryl methyl sites for hydroxylation is 1. The van der Waals surface area contributed by atoms with Crippen LogP contribution in [0.15, 0.2) is 60.4 Å². The maximum absolute atomic E-state index is 13.6. The molecule has 30 heavy (non-hydrogen) atoms. The van der Waals surface area contributed by atoms with E-state index in [1.165, 1.54) is 11.0 Å². The third-order valence-corrected chi connectivity index (χ3v) is 5.40. The highest BCUT2D eigenvalue weighted by Gasteiger charge is 2.35. The van der Waals surface area contributed by atoms with Gasteiger partial charge in [-0.15, -0.1) is 13.2 Å². The van der Waals surface area contributed by atoms with E-state index in [0.29, 0.717) is 29.8 Å². The van der Waals surface area contributed by atoms with Crippen LogP contribution >= 0.6 is 0 Å². The van der Waals surface area contributed by atoms with Crippen molar-refractivity contribution < 1.29 is 9.59 Å². The molecule has 0 saturated carbocycles. The molecule has 0 spiro atoms. The van der Waals surface area contributed by atoms with Crippen LogP contribution in [0, 0.1) is 12.3 Å². The zero-order valence-corrected chi connectivity index (χ0v) is 17.9. The third kappa shape index (κ3) is 4.06. The van der Waals surface area contributed by atoms with E-state index in [1.807, 2.05) is 45.0 Å². The van der Waals surface area contributed by atoms with Gasteiger partial charge in [0, 0.05) is 36.5 Å². The van der Waals surface area contributed by atoms with Crippen LogP contribution in [-0.2, 0) is 6.42 Å². The van der Waals surface area contributed by atoms with E-state index in [1.54, 1.807) is 16.7 Å². The molecular weight excluding hydrogens is 376 g/mol. The molecule has 1 aromatic carbocycles. The number of carbonyl (C=O) groups excluding carboxylic acids is 2. The average Bonchev–Trinajstić information content (AvgIpc) is 2.67. The van der Waals surface area contributed by atoms with E-state index in [2.05, 4.69) is 13.2 Å². The Hall–Kier alpha value is -3.21. The third-order valence-electron chi connectivity index (χ3n) is 5.40. The minimum absolute atomic E-state index is 0.00826. The molecule has 3 rings (SSSR count). The molecule has 1 aliphatic carbocycles. The number of aromatic nitrogens is 1. The molecule has 0 atom stereocenters. The summed E-state index contributed by atoms with van der Waals surface area (Å²) in [7, 11) is 0. The van der Waals surface area contributed by atoms with Gasteiger partial charge in [0.25, 0.3) is 11.5 Å². The number of carbonyl (C=O) groups is 2. The maximum atomic E-state index is 13.6. The van der Waals surface area contributed by atoms with E-state index >= 15 is 0 Å². The van der Waals surface area contributed by atoms with Gasteiger partial charge in [-0.05, 0) is 37.0 Å². The number of hydrogen-bond donors (Lipinski definition) is 0. The Bertz CT molecular complexity index is 1060. The number of nitrogens with zero attached hydrogens (tertiary/aromatic N) is 2. The van der Waals surface area contributed by atoms with Crippen LogP contribution < -0.4 is 5.56 Å². The molecule has 0 radical (unpaired) electrons. The van der Waals surface area contributed by atoms with Gasteiger partial charge in [-0.3, -0.25) is 19.0 Å². The highest BCUT2D eigenvalue weighted by Crippen LogP contribution is 2.35. The van der Waals surface area contributed by atoms with Crippen molar-refractivity contribution in [2.24, 2.45) is 5.41 Å². The van der Waals surface area contributed by atoms with Gasteiger partial charge in [-0.25, -0.2) is 0 Å². The predicted molar refractivity (Wildman–Crippen MR) is 120 cm³/mol. The number of benzene rings is 1. The highest BCUT2D eigenvalue weighted by atomic mass is 16.2. The largest absolute Gasteiger partial charge is 0.331 e. The van der Waals surface area contributed by atoms with Gasteiger partial charge in [0.2, 0.25) is 0 Å². The van der Waals surface area contributed by atoms with Gasteiger partial charge < -0.3 is 4.90 Å². The van der Waals surface area contributed by atoms with E-state index in [0.717, 1.165) is 5.56 Å². The van der Waals surface area contributed by atoms with Crippen LogP contribution in [0.4, 0.5) is 0 Å². The monoisotopic (exact) mass is 404 g/mol. The molecule has 156 valence electrons. The zero-order valence-electron chi connectivity index (χ0n) is 17.9. The fraction of sp³-hybridized carbons (Fsp3) is 0.320. The van der Waals surface area contributed by atoms with Gasteiger partial charge in [0.15, 0.2) is 5.78 Å². The van der Waals surface area contributed by atoms with Crippen LogP contribution in [-0.4, -0.2) is 34.2 Å². The van der Waals surface area contributed by atoms with Crippen LogP contribution in [0.2, 0.25) is 0 Å². The lowest BCUT2D eigenvalue weighted by molar-refractivity contribution is 0.0788. The summed E-state index contributed by atoms with van der Waals surface area (Å²) in [5, 5.41) is 0. The molecule has 1 aliphatic rings. The summed E-state index contributed by atoms with van der Waals surface area (Å²) >= 11 is 0. The zero-order chi connectivity index (χ0) is 22.1. The SMILES string of the molecule is C=CCN(CC=C)C(=O)c1cc2c(n(-c3ccc(C)cc3)c1=O)CC(C)(C)CC2=O. The van der Waals surface area contributed by atoms with Gasteiger partial charge in [0.05, 0.1) is 0 Å². The van der Waals surface area contributed by atoms with Crippen molar-refractivity contribution >= 4 is 11.7 Å². The van der Waals surface area contributed by atoms with Crippen LogP contribution in [0.1, 0.15) is 52.2 Å². The second-order valence-electron chi connectivity index (χ2n) is 8.62. The number of rotatable bonds is 6. The van der Waals surface area contributed by atoms with E-state index in [4.69, 9.17) is 0 Å². The second kappa shape index (κ2) is 8.27. The minimum Gasteiger partial charge on any atom is -0.331 e. The minimum atomic E-state index is -0.430. The first-order chi connectivity index (χ1) is 14.2. The second-order valence-corrected chi connectivity index (χ2v) is 8.62. The number of hydrogen-bond acceptors (Lipinski definition) is 3. The Balaban J connectivity index is 2.29. The van der Waals surface area contributed by atoms with Crippen molar-refractivity contribution in [3.8, 4) is 5.69 Å². The lowest BCUT2D eigenvalue weighted by atomic mass is 9.75. The van der Waals surface area contributed by atoms with Crippen molar-refractivity contribution in [3.63, 3.8) is 0 Å². The van der Waals surface area contributed by atoms with E-state index < -0.39 is 11.5 Å². The Morgan fingerprint density at radius 1 is 1.10 bits per heavy atom. The molecule has 5 heteroatoms. The standard InChI is InChI=1S/C25H28N2O3/c1-6-12-26(13-7-2)23(29)20-14-19-21(15-25(4,5)16-22(19)28)27(24(20)30)18-10-8-17(3)9-11-18/h6-11,14H,1-2,12-13,15-16H2,3-5H3. The fourth-order valence-corrected chi connectivity index (χ4v) is 3.96. The molecule has 1 aromatic heterocycles. The summed E-state index contributed by atoms with van der Waals surface area (Å²) < 4.78 is 1.54. The lowest BCUT2D eigenvalue weighted by Gasteiger charge is -2.32. The van der Waals surface area contributed by atoms with Gasteiger partial charge in [-0.2, -0.15) is 0 Å². The Labute approximate surface area is 177 Å². The molecule has 1 amide bonds. The molecule has 0 aliphatic heterocycles. The van der Waals surface area contributed by atoms with Gasteiger partial charge in [-0.1, -0.05) is 43.7 Å². The summed E-state index contributed by atoms with van der Waals surface area (Å²) in [6, 6.07) is 9.02. The number of ketones is 1. The number of pyridine rings is 1. The normalized spacial score (nSPS) is 14.7. The summed E-state index contributed by atoms with van der Waals surface area (Å²) in [4.78, 5) is 41.2. The Morgan fingerprint density at radius 2 is 1.70 bits per heavy atom. The summed E-state index contributed by atoms with van der Waals surface area (Å²) in [5.74, 6) is -0.476. The van der Waals surface area contributed by atoms with E-state index in [-0.39, 0.29) is 29.9 Å². The number of fused-ring (bicyclic) bond motifs is 1. The summed E-state index contributed by atoms with van der Waals surface area (Å²) in [6.45, 7) is 14.0. The summed E-state index contributed by atoms with van der Waals surface area (Å²) in [6.07, 6.45) is 4.16. The molecule has 0 bridgehead atoms. The van der Waals surface area contributed by atoms with Crippen LogP contribution in [0.5, 0.6) is 0 Å². The lowest BCUT2D eigenvalue weighted by Crippen LogP contribution is -2.40. The van der Waals surface area contributed by atoms with Crippen molar-refractivity contribution in [2.45, 2.75) is 33.6 Å². The molecule has 1 heterocycles. The Kier molecular flexibility index (Phi) is 5.92. The predicted octanol–water partition coefficient (Wildman–Crippen LogP) is 4.12. The first-order valence-electron chi connectivity index (χ1n) is 10.1.